The Morgan fingerprint density at radius 1 is 1.18 bits per heavy atom. The second kappa shape index (κ2) is 13.4. The molecule has 0 aliphatic carbocycles. The molecule has 0 fully saturated rings. The largest absolute Gasteiger partial charge is 0.356 e. The fourth-order valence-electron chi connectivity index (χ4n) is 2.22. The van der Waals surface area contributed by atoms with Gasteiger partial charge in [-0.05, 0) is 51.2 Å². The molecule has 22 heavy (non-hydrogen) atoms. The van der Waals surface area contributed by atoms with Gasteiger partial charge in [0.25, 0.3) is 0 Å². The van der Waals surface area contributed by atoms with Gasteiger partial charge in [-0.25, -0.2) is 0 Å². The topological polar surface area (TPSA) is 39.7 Å². The Bertz CT molecular complexity index is 283. The van der Waals surface area contributed by atoms with Crippen molar-refractivity contribution in [1.82, 2.24) is 15.5 Å². The normalized spacial score (nSPS) is 13.7. The van der Waals surface area contributed by atoms with Crippen molar-refractivity contribution >= 4 is 29.9 Å². The van der Waals surface area contributed by atoms with Crippen molar-refractivity contribution in [2.75, 3.05) is 33.2 Å². The fourth-order valence-corrected chi connectivity index (χ4v) is 2.22. The van der Waals surface area contributed by atoms with Crippen molar-refractivity contribution < 1.29 is 0 Å². The molecular formula is C17H39IN4. The Kier molecular flexibility index (Phi) is 14.8. The lowest BCUT2D eigenvalue weighted by molar-refractivity contribution is 0.292. The summed E-state index contributed by atoms with van der Waals surface area (Å²) >= 11 is 0. The predicted octanol–water partition coefficient (Wildman–Crippen LogP) is 3.72. The summed E-state index contributed by atoms with van der Waals surface area (Å²) in [6.07, 6.45) is 3.55. The van der Waals surface area contributed by atoms with E-state index < -0.39 is 0 Å². The van der Waals surface area contributed by atoms with E-state index in [0.29, 0.717) is 11.5 Å². The molecule has 0 spiro atoms. The van der Waals surface area contributed by atoms with E-state index in [4.69, 9.17) is 0 Å². The van der Waals surface area contributed by atoms with Crippen LogP contribution in [0.25, 0.3) is 0 Å². The van der Waals surface area contributed by atoms with Crippen molar-refractivity contribution in [3.63, 3.8) is 0 Å². The molecule has 1 unspecified atom stereocenters. The zero-order chi connectivity index (χ0) is 16.3. The van der Waals surface area contributed by atoms with Gasteiger partial charge in [0.15, 0.2) is 5.96 Å². The molecule has 0 bridgehead atoms. The molecule has 0 rings (SSSR count). The van der Waals surface area contributed by atoms with E-state index in [9.17, 15) is 0 Å². The van der Waals surface area contributed by atoms with E-state index in [1.165, 1.54) is 19.4 Å². The Morgan fingerprint density at radius 2 is 1.77 bits per heavy atom. The highest BCUT2D eigenvalue weighted by molar-refractivity contribution is 14.0. The lowest BCUT2D eigenvalue weighted by Gasteiger charge is -2.22. The Labute approximate surface area is 155 Å². The minimum Gasteiger partial charge on any atom is -0.356 e. The lowest BCUT2D eigenvalue weighted by Crippen LogP contribution is -2.43. The summed E-state index contributed by atoms with van der Waals surface area (Å²) in [4.78, 5) is 6.78. The van der Waals surface area contributed by atoms with Gasteiger partial charge in [0.2, 0.25) is 0 Å². The van der Waals surface area contributed by atoms with Crippen LogP contribution in [0.5, 0.6) is 0 Å². The summed E-state index contributed by atoms with van der Waals surface area (Å²) in [5.41, 5.74) is 0.362. The minimum atomic E-state index is 0. The van der Waals surface area contributed by atoms with E-state index in [-0.39, 0.29) is 24.0 Å². The van der Waals surface area contributed by atoms with Crippen LogP contribution in [-0.4, -0.2) is 50.1 Å². The SMILES string of the molecule is CCN(CC)CCCC(C)NC(=NC)NCCC(C)(C)C.I. The maximum atomic E-state index is 4.31. The van der Waals surface area contributed by atoms with Crippen molar-refractivity contribution in [3.05, 3.63) is 0 Å². The zero-order valence-electron chi connectivity index (χ0n) is 15.8. The van der Waals surface area contributed by atoms with Gasteiger partial charge >= 0.3 is 0 Å². The number of aliphatic imine (C=N–C) groups is 1. The van der Waals surface area contributed by atoms with Crippen LogP contribution in [-0.2, 0) is 0 Å². The first-order valence-electron chi connectivity index (χ1n) is 8.52. The molecule has 0 aliphatic rings. The van der Waals surface area contributed by atoms with Crippen molar-refractivity contribution in [3.8, 4) is 0 Å². The molecule has 0 radical (unpaired) electrons. The van der Waals surface area contributed by atoms with Gasteiger partial charge in [0, 0.05) is 19.6 Å². The molecule has 4 nitrogen and oxygen atoms in total. The Balaban J connectivity index is 0. The summed E-state index contributed by atoms with van der Waals surface area (Å²) in [7, 11) is 1.84. The smallest absolute Gasteiger partial charge is 0.191 e. The quantitative estimate of drug-likeness (QED) is 0.336. The summed E-state index contributed by atoms with van der Waals surface area (Å²) in [6, 6.07) is 0.460. The maximum absolute atomic E-state index is 4.31. The van der Waals surface area contributed by atoms with E-state index in [0.717, 1.165) is 32.0 Å². The minimum absolute atomic E-state index is 0. The van der Waals surface area contributed by atoms with E-state index in [1.807, 2.05) is 7.05 Å². The number of nitrogens with one attached hydrogen (secondary N) is 2. The number of hydrogen-bond acceptors (Lipinski definition) is 2. The highest BCUT2D eigenvalue weighted by atomic mass is 127. The van der Waals surface area contributed by atoms with Crippen LogP contribution in [0.15, 0.2) is 4.99 Å². The van der Waals surface area contributed by atoms with Crippen LogP contribution in [0.3, 0.4) is 0 Å². The number of halogens is 1. The van der Waals surface area contributed by atoms with Crippen LogP contribution < -0.4 is 10.6 Å². The van der Waals surface area contributed by atoms with Crippen LogP contribution in [0.4, 0.5) is 0 Å². The fraction of sp³-hybridized carbons (Fsp3) is 0.941. The standard InChI is InChI=1S/C17H38N4.HI/c1-8-21(9-2)14-10-11-15(3)20-16(18-7)19-13-12-17(4,5)6;/h15H,8-14H2,1-7H3,(H2,18,19,20);1H. The Hall–Kier alpha value is -0.0400. The van der Waals surface area contributed by atoms with Crippen LogP contribution in [0.2, 0.25) is 0 Å². The Morgan fingerprint density at radius 3 is 2.23 bits per heavy atom. The van der Waals surface area contributed by atoms with Gasteiger partial charge in [0.05, 0.1) is 0 Å². The molecule has 0 saturated carbocycles. The molecule has 0 amide bonds. The maximum Gasteiger partial charge on any atom is 0.191 e. The number of rotatable bonds is 9. The van der Waals surface area contributed by atoms with Crippen LogP contribution in [0.1, 0.15) is 60.8 Å². The van der Waals surface area contributed by atoms with Gasteiger partial charge < -0.3 is 15.5 Å². The van der Waals surface area contributed by atoms with Crippen molar-refractivity contribution in [2.45, 2.75) is 66.8 Å². The summed E-state index contributed by atoms with van der Waals surface area (Å²) in [5, 5.41) is 6.89. The molecule has 5 heteroatoms. The van der Waals surface area contributed by atoms with Gasteiger partial charge in [-0.2, -0.15) is 0 Å². The van der Waals surface area contributed by atoms with Crippen molar-refractivity contribution in [2.24, 2.45) is 10.4 Å². The van der Waals surface area contributed by atoms with Crippen molar-refractivity contribution in [1.29, 1.82) is 0 Å². The zero-order valence-corrected chi connectivity index (χ0v) is 18.2. The average molecular weight is 426 g/mol. The molecule has 0 aliphatic heterocycles. The molecule has 0 aromatic heterocycles. The average Bonchev–Trinajstić information content (AvgIpc) is 2.41. The van der Waals surface area contributed by atoms with Gasteiger partial charge in [0.1, 0.15) is 0 Å². The third-order valence-electron chi connectivity index (χ3n) is 3.78. The summed E-state index contributed by atoms with van der Waals surface area (Å²) in [5.74, 6) is 0.926. The molecule has 0 aromatic rings. The third-order valence-corrected chi connectivity index (χ3v) is 3.78. The highest BCUT2D eigenvalue weighted by Crippen LogP contribution is 2.16. The third kappa shape index (κ3) is 13.6. The first-order chi connectivity index (χ1) is 9.82. The summed E-state index contributed by atoms with van der Waals surface area (Å²) in [6.45, 7) is 17.9. The molecule has 134 valence electrons. The van der Waals surface area contributed by atoms with Crippen LogP contribution >= 0.6 is 24.0 Å². The number of hydrogen-bond donors (Lipinski definition) is 2. The molecule has 0 saturated heterocycles. The van der Waals surface area contributed by atoms with Gasteiger partial charge in [-0.1, -0.05) is 34.6 Å². The second-order valence-electron chi connectivity index (χ2n) is 7.02. The molecule has 1 atom stereocenters. The molecular weight excluding hydrogens is 387 g/mol. The van der Waals surface area contributed by atoms with Crippen LogP contribution in [0, 0.1) is 5.41 Å². The molecule has 0 aromatic carbocycles. The molecule has 2 N–H and O–H groups in total. The molecule has 0 heterocycles. The predicted molar refractivity (Wildman–Crippen MR) is 110 cm³/mol. The second-order valence-corrected chi connectivity index (χ2v) is 7.02. The highest BCUT2D eigenvalue weighted by Gasteiger charge is 2.11. The first kappa shape index (κ1) is 24.2. The van der Waals surface area contributed by atoms with E-state index in [1.54, 1.807) is 0 Å². The summed E-state index contributed by atoms with van der Waals surface area (Å²) < 4.78 is 0. The van der Waals surface area contributed by atoms with Gasteiger partial charge in [-0.15, -0.1) is 24.0 Å². The number of guanidine groups is 1. The number of nitrogens with zero attached hydrogens (tertiary/aromatic N) is 2. The monoisotopic (exact) mass is 426 g/mol. The van der Waals surface area contributed by atoms with E-state index in [2.05, 4.69) is 62.1 Å². The first-order valence-corrected chi connectivity index (χ1v) is 8.52. The van der Waals surface area contributed by atoms with Gasteiger partial charge in [-0.3, -0.25) is 4.99 Å². The van der Waals surface area contributed by atoms with E-state index >= 15 is 0 Å². The lowest BCUT2D eigenvalue weighted by atomic mass is 9.92.